The van der Waals surface area contributed by atoms with Gasteiger partial charge in [0, 0.05) is 16.2 Å². The van der Waals surface area contributed by atoms with Gasteiger partial charge in [0.1, 0.15) is 0 Å². The van der Waals surface area contributed by atoms with Gasteiger partial charge in [-0.1, -0.05) is 36.4 Å². The molecule has 7 heteroatoms. The van der Waals surface area contributed by atoms with E-state index in [4.69, 9.17) is 5.14 Å². The molecular weight excluding hydrogens is 334 g/mol. The van der Waals surface area contributed by atoms with E-state index in [0.29, 0.717) is 21.8 Å². The Bertz CT molecular complexity index is 846. The van der Waals surface area contributed by atoms with Crippen LogP contribution in [0.15, 0.2) is 64.9 Å². The Morgan fingerprint density at radius 3 is 2.43 bits per heavy atom. The van der Waals surface area contributed by atoms with Crippen LogP contribution in [0.3, 0.4) is 0 Å². The number of thioether (sulfide) groups is 1. The highest BCUT2D eigenvalue weighted by atomic mass is 32.2. The summed E-state index contributed by atoms with van der Waals surface area (Å²) in [6, 6.07) is 11.4. The molecule has 3 N–H and O–H groups in total. The third kappa shape index (κ3) is 4.01. The molecule has 0 fully saturated rings. The van der Waals surface area contributed by atoms with E-state index in [1.807, 2.05) is 6.07 Å². The molecule has 0 aromatic heterocycles. The van der Waals surface area contributed by atoms with E-state index in [-0.39, 0.29) is 10.5 Å². The summed E-state index contributed by atoms with van der Waals surface area (Å²) in [7, 11) is -4.09. The van der Waals surface area contributed by atoms with Gasteiger partial charge < -0.3 is 5.11 Å². The Balaban J connectivity index is 2.83. The van der Waals surface area contributed by atoms with E-state index in [1.165, 1.54) is 17.8 Å². The van der Waals surface area contributed by atoms with Crippen LogP contribution < -0.4 is 5.14 Å². The summed E-state index contributed by atoms with van der Waals surface area (Å²) in [5.74, 6) is -0.706. The average Bonchev–Trinajstić information content (AvgIpc) is 2.51. The highest BCUT2D eigenvalue weighted by Gasteiger charge is 2.22. The molecular formula is C16H15NO4S2. The third-order valence-electron chi connectivity index (χ3n) is 3.04. The largest absolute Gasteiger partial charge is 0.478 e. The van der Waals surface area contributed by atoms with Gasteiger partial charge in [0.05, 0.1) is 10.5 Å². The normalized spacial score (nSPS) is 11.2. The number of hydrogen-bond donors (Lipinski definition) is 2. The molecule has 0 aliphatic rings. The quantitative estimate of drug-likeness (QED) is 0.617. The molecule has 2 aromatic carbocycles. The number of sulfonamides is 1. The molecule has 0 amide bonds. The summed E-state index contributed by atoms with van der Waals surface area (Å²) in [6.07, 6.45) is 1.66. The van der Waals surface area contributed by atoms with Gasteiger partial charge >= 0.3 is 5.97 Å². The first kappa shape index (κ1) is 17.3. The molecule has 0 heterocycles. The Morgan fingerprint density at radius 2 is 1.91 bits per heavy atom. The molecule has 2 rings (SSSR count). The number of carboxylic acid groups (broad SMARTS) is 1. The number of rotatable bonds is 6. The number of aromatic carboxylic acids is 1. The van der Waals surface area contributed by atoms with Crippen molar-refractivity contribution in [3.05, 3.63) is 60.7 Å². The summed E-state index contributed by atoms with van der Waals surface area (Å²) in [5, 5.41) is 14.5. The second kappa shape index (κ2) is 6.99. The van der Waals surface area contributed by atoms with Crippen molar-refractivity contribution in [2.75, 3.05) is 5.75 Å². The minimum atomic E-state index is -4.09. The number of primary sulfonamides is 1. The summed E-state index contributed by atoms with van der Waals surface area (Å²) in [4.78, 5) is 11.6. The van der Waals surface area contributed by atoms with E-state index in [2.05, 4.69) is 6.58 Å². The minimum absolute atomic E-state index is 0.125. The zero-order valence-corrected chi connectivity index (χ0v) is 13.7. The molecule has 0 bridgehead atoms. The van der Waals surface area contributed by atoms with Crippen molar-refractivity contribution in [1.29, 1.82) is 0 Å². The first-order valence-electron chi connectivity index (χ1n) is 6.58. The van der Waals surface area contributed by atoms with Gasteiger partial charge in [-0.2, -0.15) is 0 Å². The average molecular weight is 349 g/mol. The Morgan fingerprint density at radius 1 is 1.26 bits per heavy atom. The number of carbonyl (C=O) groups is 1. The summed E-state index contributed by atoms with van der Waals surface area (Å²) in [6.45, 7) is 3.63. The smallest absolute Gasteiger partial charge is 0.335 e. The lowest BCUT2D eigenvalue weighted by Crippen LogP contribution is -2.15. The van der Waals surface area contributed by atoms with E-state index in [0.717, 1.165) is 6.07 Å². The zero-order valence-electron chi connectivity index (χ0n) is 12.1. The first-order valence-corrected chi connectivity index (χ1v) is 9.11. The van der Waals surface area contributed by atoms with Crippen LogP contribution in [0.2, 0.25) is 0 Å². The van der Waals surface area contributed by atoms with E-state index in [9.17, 15) is 18.3 Å². The molecule has 23 heavy (non-hydrogen) atoms. The highest BCUT2D eigenvalue weighted by Crippen LogP contribution is 2.37. The molecule has 0 atom stereocenters. The lowest BCUT2D eigenvalue weighted by molar-refractivity contribution is 0.0696. The predicted octanol–water partition coefficient (Wildman–Crippen LogP) is 2.98. The van der Waals surface area contributed by atoms with Gasteiger partial charge in [0.25, 0.3) is 0 Å². The zero-order chi connectivity index (χ0) is 17.0. The first-order chi connectivity index (χ1) is 10.8. The van der Waals surface area contributed by atoms with E-state index >= 15 is 0 Å². The van der Waals surface area contributed by atoms with Gasteiger partial charge in [-0.05, 0) is 17.7 Å². The highest BCUT2D eigenvalue weighted by molar-refractivity contribution is 7.99. The van der Waals surface area contributed by atoms with Gasteiger partial charge in [-0.25, -0.2) is 18.4 Å². The minimum Gasteiger partial charge on any atom is -0.478 e. The van der Waals surface area contributed by atoms with Gasteiger partial charge in [0.15, 0.2) is 0 Å². The Labute approximate surface area is 138 Å². The molecule has 0 radical (unpaired) electrons. The summed E-state index contributed by atoms with van der Waals surface area (Å²) >= 11 is 1.30. The molecule has 2 aromatic rings. The van der Waals surface area contributed by atoms with Crippen LogP contribution in [0, 0.1) is 0 Å². The maximum Gasteiger partial charge on any atom is 0.335 e. The second-order valence-corrected chi connectivity index (χ2v) is 7.26. The number of nitrogens with two attached hydrogens (primary N) is 1. The Kier molecular flexibility index (Phi) is 5.25. The number of hydrogen-bond acceptors (Lipinski definition) is 4. The van der Waals surface area contributed by atoms with E-state index in [1.54, 1.807) is 30.3 Å². The van der Waals surface area contributed by atoms with Gasteiger partial charge in [-0.3, -0.25) is 0 Å². The van der Waals surface area contributed by atoms with Crippen LogP contribution in [-0.2, 0) is 10.0 Å². The van der Waals surface area contributed by atoms with Crippen molar-refractivity contribution >= 4 is 27.8 Å². The van der Waals surface area contributed by atoms with Crippen molar-refractivity contribution < 1.29 is 18.3 Å². The van der Waals surface area contributed by atoms with Crippen LogP contribution in [-0.4, -0.2) is 25.2 Å². The topological polar surface area (TPSA) is 97.5 Å². The number of benzene rings is 2. The van der Waals surface area contributed by atoms with Crippen molar-refractivity contribution in [3.63, 3.8) is 0 Å². The fraction of sp³-hybridized carbons (Fsp3) is 0.0625. The van der Waals surface area contributed by atoms with Crippen molar-refractivity contribution in [1.82, 2.24) is 0 Å². The van der Waals surface area contributed by atoms with Gasteiger partial charge in [-0.15, -0.1) is 18.3 Å². The summed E-state index contributed by atoms with van der Waals surface area (Å²) < 4.78 is 24.0. The number of carboxylic acids is 1. The van der Waals surface area contributed by atoms with Crippen LogP contribution in [0.1, 0.15) is 10.4 Å². The SMILES string of the molecule is C=CCSc1cc(C(=O)O)cc(S(N)(=O)=O)c1-c1ccccc1. The van der Waals surface area contributed by atoms with Crippen LogP contribution in [0.25, 0.3) is 11.1 Å². The van der Waals surface area contributed by atoms with Crippen molar-refractivity contribution in [2.45, 2.75) is 9.79 Å². The van der Waals surface area contributed by atoms with E-state index < -0.39 is 16.0 Å². The third-order valence-corrected chi connectivity index (χ3v) is 5.01. The Hall–Kier alpha value is -2.09. The molecule has 0 saturated carbocycles. The summed E-state index contributed by atoms with van der Waals surface area (Å²) in [5.41, 5.74) is 0.935. The lowest BCUT2D eigenvalue weighted by atomic mass is 10.0. The van der Waals surface area contributed by atoms with Crippen LogP contribution in [0.4, 0.5) is 0 Å². The maximum absolute atomic E-state index is 12.0. The second-order valence-electron chi connectivity index (χ2n) is 4.66. The standard InChI is InChI=1S/C16H15NO4S2/c1-2-8-22-13-9-12(16(18)19)10-14(23(17,20)21)15(13)11-6-4-3-5-7-11/h2-7,9-10H,1,8H2,(H,18,19)(H2,17,20,21). The molecule has 5 nitrogen and oxygen atoms in total. The van der Waals surface area contributed by atoms with Crippen LogP contribution >= 0.6 is 11.8 Å². The molecule has 0 aliphatic carbocycles. The van der Waals surface area contributed by atoms with Gasteiger partial charge in [0.2, 0.25) is 10.0 Å². The van der Waals surface area contributed by atoms with Crippen LogP contribution in [0.5, 0.6) is 0 Å². The molecule has 0 aliphatic heterocycles. The molecule has 120 valence electrons. The fourth-order valence-corrected chi connectivity index (χ4v) is 3.84. The molecule has 0 spiro atoms. The fourth-order valence-electron chi connectivity index (χ4n) is 2.09. The lowest BCUT2D eigenvalue weighted by Gasteiger charge is -2.14. The maximum atomic E-state index is 12.0. The monoisotopic (exact) mass is 349 g/mol. The van der Waals surface area contributed by atoms with Crippen molar-refractivity contribution in [2.24, 2.45) is 5.14 Å². The molecule has 0 unspecified atom stereocenters. The van der Waals surface area contributed by atoms with Crippen molar-refractivity contribution in [3.8, 4) is 11.1 Å². The molecule has 0 saturated heterocycles. The predicted molar refractivity (Wildman–Crippen MR) is 91.1 cm³/mol.